The van der Waals surface area contributed by atoms with E-state index in [1.165, 1.54) is 38.6 Å². The van der Waals surface area contributed by atoms with Crippen LogP contribution < -0.4 is 5.32 Å². The fourth-order valence-corrected chi connectivity index (χ4v) is 3.17. The van der Waals surface area contributed by atoms with Gasteiger partial charge in [-0.2, -0.15) is 11.3 Å². The third-order valence-electron chi connectivity index (χ3n) is 3.90. The molecule has 3 rings (SSSR count). The maximum absolute atomic E-state index is 3.67. The molecular formula is C13H19NS. The van der Waals surface area contributed by atoms with Crippen LogP contribution in [-0.2, 0) is 6.42 Å². The van der Waals surface area contributed by atoms with Crippen molar-refractivity contribution >= 4 is 11.3 Å². The summed E-state index contributed by atoms with van der Waals surface area (Å²) in [4.78, 5) is 0. The highest BCUT2D eigenvalue weighted by Crippen LogP contribution is 2.37. The standard InChI is InChI=1S/C13H19NS/c1-2-12(8-14-13-3-4-13)11(1)7-10-5-6-15-9-10/h5-6,9,11-14H,1-4,7-8H2. The molecule has 1 aromatic heterocycles. The van der Waals surface area contributed by atoms with E-state index in [1.54, 1.807) is 5.56 Å². The first-order valence-electron chi connectivity index (χ1n) is 6.16. The Hall–Kier alpha value is -0.340. The van der Waals surface area contributed by atoms with Gasteiger partial charge in [0, 0.05) is 6.04 Å². The summed E-state index contributed by atoms with van der Waals surface area (Å²) < 4.78 is 0. The molecule has 2 fully saturated rings. The van der Waals surface area contributed by atoms with Crippen LogP contribution in [0.2, 0.25) is 0 Å². The third-order valence-corrected chi connectivity index (χ3v) is 4.63. The van der Waals surface area contributed by atoms with Gasteiger partial charge in [-0.05, 0) is 72.9 Å². The Balaban J connectivity index is 1.45. The highest BCUT2D eigenvalue weighted by Gasteiger charge is 2.32. The molecule has 0 bridgehead atoms. The Bertz CT molecular complexity index is 302. The number of thiophene rings is 1. The molecule has 2 aliphatic carbocycles. The van der Waals surface area contributed by atoms with E-state index in [1.807, 2.05) is 11.3 Å². The van der Waals surface area contributed by atoms with Gasteiger partial charge in [-0.3, -0.25) is 0 Å². The van der Waals surface area contributed by atoms with Gasteiger partial charge in [0.05, 0.1) is 0 Å². The minimum absolute atomic E-state index is 0.882. The number of rotatable bonds is 5. The highest BCUT2D eigenvalue weighted by molar-refractivity contribution is 7.07. The topological polar surface area (TPSA) is 12.0 Å². The third kappa shape index (κ3) is 2.43. The zero-order valence-electron chi connectivity index (χ0n) is 9.11. The maximum Gasteiger partial charge on any atom is 0.00683 e. The van der Waals surface area contributed by atoms with Gasteiger partial charge in [0.1, 0.15) is 0 Å². The molecule has 2 unspecified atom stereocenters. The summed E-state index contributed by atoms with van der Waals surface area (Å²) in [5, 5.41) is 8.18. The SMILES string of the molecule is c1cc(CC2CCC2CNC2CC2)cs1. The molecule has 2 heteroatoms. The minimum Gasteiger partial charge on any atom is -0.314 e. The van der Waals surface area contributed by atoms with Crippen LogP contribution in [0.3, 0.4) is 0 Å². The molecule has 0 spiro atoms. The second-order valence-electron chi connectivity index (χ2n) is 5.12. The monoisotopic (exact) mass is 221 g/mol. The van der Waals surface area contributed by atoms with Crippen molar-refractivity contribution in [1.82, 2.24) is 5.32 Å². The van der Waals surface area contributed by atoms with E-state index in [9.17, 15) is 0 Å². The molecule has 0 aliphatic heterocycles. The molecule has 1 aromatic rings. The summed E-state index contributed by atoms with van der Waals surface area (Å²) >= 11 is 1.83. The summed E-state index contributed by atoms with van der Waals surface area (Å²) in [5.74, 6) is 1.93. The molecule has 15 heavy (non-hydrogen) atoms. The largest absolute Gasteiger partial charge is 0.314 e. The first-order valence-corrected chi connectivity index (χ1v) is 7.10. The molecule has 82 valence electrons. The lowest BCUT2D eigenvalue weighted by molar-refractivity contribution is 0.170. The van der Waals surface area contributed by atoms with Crippen LogP contribution in [0.15, 0.2) is 16.8 Å². The van der Waals surface area contributed by atoms with E-state index in [-0.39, 0.29) is 0 Å². The van der Waals surface area contributed by atoms with Crippen LogP contribution in [-0.4, -0.2) is 12.6 Å². The van der Waals surface area contributed by atoms with E-state index < -0.39 is 0 Å². The lowest BCUT2D eigenvalue weighted by atomic mass is 9.71. The Morgan fingerprint density at radius 3 is 2.67 bits per heavy atom. The van der Waals surface area contributed by atoms with Crippen LogP contribution >= 0.6 is 11.3 Å². The Morgan fingerprint density at radius 2 is 2.07 bits per heavy atom. The molecule has 1 heterocycles. The molecule has 2 aliphatic rings. The summed E-state index contributed by atoms with van der Waals surface area (Å²) in [7, 11) is 0. The van der Waals surface area contributed by atoms with Crippen molar-refractivity contribution in [2.45, 2.75) is 38.1 Å². The van der Waals surface area contributed by atoms with Gasteiger partial charge in [0.25, 0.3) is 0 Å². The Kier molecular flexibility index (Phi) is 2.80. The van der Waals surface area contributed by atoms with Crippen LogP contribution in [0.4, 0.5) is 0 Å². The average molecular weight is 221 g/mol. The molecule has 1 nitrogen and oxygen atoms in total. The second-order valence-corrected chi connectivity index (χ2v) is 5.90. The van der Waals surface area contributed by atoms with Gasteiger partial charge in [-0.1, -0.05) is 0 Å². The molecule has 2 saturated carbocycles. The summed E-state index contributed by atoms with van der Waals surface area (Å²) in [6, 6.07) is 3.17. The van der Waals surface area contributed by atoms with E-state index in [4.69, 9.17) is 0 Å². The molecule has 0 aromatic carbocycles. The summed E-state index contributed by atoms with van der Waals surface area (Å²) in [6.45, 7) is 1.28. The van der Waals surface area contributed by atoms with Gasteiger partial charge < -0.3 is 5.32 Å². The van der Waals surface area contributed by atoms with Gasteiger partial charge in [-0.15, -0.1) is 0 Å². The normalized spacial score (nSPS) is 30.1. The van der Waals surface area contributed by atoms with Crippen molar-refractivity contribution in [1.29, 1.82) is 0 Å². The predicted molar refractivity (Wildman–Crippen MR) is 65.3 cm³/mol. The molecule has 0 radical (unpaired) electrons. The second kappa shape index (κ2) is 4.26. The van der Waals surface area contributed by atoms with E-state index in [0.717, 1.165) is 17.9 Å². The van der Waals surface area contributed by atoms with Crippen molar-refractivity contribution in [3.63, 3.8) is 0 Å². The van der Waals surface area contributed by atoms with Crippen molar-refractivity contribution in [2.24, 2.45) is 11.8 Å². The van der Waals surface area contributed by atoms with Crippen molar-refractivity contribution in [2.75, 3.05) is 6.54 Å². The zero-order chi connectivity index (χ0) is 10.1. The van der Waals surface area contributed by atoms with Crippen LogP contribution in [0.5, 0.6) is 0 Å². The number of nitrogens with one attached hydrogen (secondary N) is 1. The maximum atomic E-state index is 3.67. The Morgan fingerprint density at radius 1 is 1.20 bits per heavy atom. The average Bonchev–Trinajstić information content (AvgIpc) is 2.90. The molecule has 2 atom stereocenters. The van der Waals surface area contributed by atoms with Crippen LogP contribution in [0, 0.1) is 11.8 Å². The van der Waals surface area contributed by atoms with Crippen LogP contribution in [0.25, 0.3) is 0 Å². The van der Waals surface area contributed by atoms with Gasteiger partial charge in [-0.25, -0.2) is 0 Å². The lowest BCUT2D eigenvalue weighted by Crippen LogP contribution is -2.37. The summed E-state index contributed by atoms with van der Waals surface area (Å²) in [6.07, 6.45) is 7.06. The van der Waals surface area contributed by atoms with Gasteiger partial charge >= 0.3 is 0 Å². The predicted octanol–water partition coefficient (Wildman–Crippen LogP) is 3.07. The molecular weight excluding hydrogens is 202 g/mol. The first kappa shape index (κ1) is 9.86. The number of hydrogen-bond acceptors (Lipinski definition) is 2. The zero-order valence-corrected chi connectivity index (χ0v) is 9.93. The molecule has 1 N–H and O–H groups in total. The molecule has 0 amide bonds. The minimum atomic E-state index is 0.882. The fraction of sp³-hybridized carbons (Fsp3) is 0.692. The van der Waals surface area contributed by atoms with Crippen LogP contribution in [0.1, 0.15) is 31.2 Å². The highest BCUT2D eigenvalue weighted by atomic mass is 32.1. The van der Waals surface area contributed by atoms with Crippen molar-refractivity contribution < 1.29 is 0 Å². The van der Waals surface area contributed by atoms with E-state index >= 15 is 0 Å². The smallest absolute Gasteiger partial charge is 0.00683 e. The quantitative estimate of drug-likeness (QED) is 0.806. The number of hydrogen-bond donors (Lipinski definition) is 1. The summed E-state index contributed by atoms with van der Waals surface area (Å²) in [5.41, 5.74) is 1.56. The fourth-order valence-electron chi connectivity index (χ4n) is 2.49. The van der Waals surface area contributed by atoms with Gasteiger partial charge in [0.15, 0.2) is 0 Å². The Labute approximate surface area is 95.9 Å². The van der Waals surface area contributed by atoms with Crippen molar-refractivity contribution in [3.05, 3.63) is 22.4 Å². The van der Waals surface area contributed by atoms with Gasteiger partial charge in [0.2, 0.25) is 0 Å². The molecule has 0 saturated heterocycles. The van der Waals surface area contributed by atoms with E-state index in [2.05, 4.69) is 22.1 Å². The lowest BCUT2D eigenvalue weighted by Gasteiger charge is -2.37. The van der Waals surface area contributed by atoms with Crippen molar-refractivity contribution in [3.8, 4) is 0 Å². The first-order chi connectivity index (χ1) is 7.42. The van der Waals surface area contributed by atoms with E-state index in [0.29, 0.717) is 0 Å².